The predicted octanol–water partition coefficient (Wildman–Crippen LogP) is 3.98. The van der Waals surface area contributed by atoms with Crippen LogP contribution in [0.25, 0.3) is 0 Å². The molecular weight excluding hydrogens is 384 g/mol. The Morgan fingerprint density at radius 3 is 2.68 bits per heavy atom. The van der Waals surface area contributed by atoms with Crippen LogP contribution in [0.2, 0.25) is 0 Å². The van der Waals surface area contributed by atoms with Crippen LogP contribution in [0.5, 0.6) is 11.5 Å². The van der Waals surface area contributed by atoms with Crippen LogP contribution in [0.1, 0.15) is 31.0 Å². The quantitative estimate of drug-likeness (QED) is 0.759. The Hall–Kier alpha value is -2.52. The van der Waals surface area contributed by atoms with E-state index < -0.39 is 0 Å². The van der Waals surface area contributed by atoms with Crippen LogP contribution in [0.15, 0.2) is 46.9 Å². The van der Waals surface area contributed by atoms with E-state index in [0.717, 1.165) is 10.0 Å². The average Bonchev–Trinajstić information content (AvgIpc) is 2.61. The van der Waals surface area contributed by atoms with E-state index in [2.05, 4.69) is 21.2 Å². The van der Waals surface area contributed by atoms with Gasteiger partial charge in [-0.2, -0.15) is 5.26 Å². The standard InChI is InChI=1S/C19H19BrN2O3/c1-3-24-18-10-14(11-21)8-9-17(18)25-12-19(23)22-13(2)15-6-4-5-7-16(15)20/h4-10,13H,3,12H2,1-2H3,(H,22,23)/t13-/m1/s1. The van der Waals surface area contributed by atoms with E-state index in [1.807, 2.05) is 44.2 Å². The van der Waals surface area contributed by atoms with Crippen molar-refractivity contribution in [3.05, 3.63) is 58.1 Å². The highest BCUT2D eigenvalue weighted by Crippen LogP contribution is 2.28. The van der Waals surface area contributed by atoms with Gasteiger partial charge in [0.05, 0.1) is 24.3 Å². The summed E-state index contributed by atoms with van der Waals surface area (Å²) in [6, 6.07) is 14.5. The summed E-state index contributed by atoms with van der Waals surface area (Å²) in [7, 11) is 0. The zero-order chi connectivity index (χ0) is 18.2. The lowest BCUT2D eigenvalue weighted by atomic mass is 10.1. The molecule has 130 valence electrons. The zero-order valence-electron chi connectivity index (χ0n) is 14.1. The van der Waals surface area contributed by atoms with E-state index in [-0.39, 0.29) is 18.6 Å². The second-order valence-electron chi connectivity index (χ2n) is 5.31. The van der Waals surface area contributed by atoms with Crippen molar-refractivity contribution in [1.82, 2.24) is 5.32 Å². The molecule has 5 nitrogen and oxygen atoms in total. The van der Waals surface area contributed by atoms with Crippen molar-refractivity contribution in [2.45, 2.75) is 19.9 Å². The molecule has 1 N–H and O–H groups in total. The molecule has 1 atom stereocenters. The van der Waals surface area contributed by atoms with E-state index in [1.54, 1.807) is 18.2 Å². The van der Waals surface area contributed by atoms with Crippen LogP contribution in [-0.4, -0.2) is 19.1 Å². The average molecular weight is 403 g/mol. The maximum Gasteiger partial charge on any atom is 0.258 e. The van der Waals surface area contributed by atoms with E-state index in [4.69, 9.17) is 14.7 Å². The van der Waals surface area contributed by atoms with Gasteiger partial charge in [-0.1, -0.05) is 34.1 Å². The molecule has 0 aliphatic heterocycles. The molecule has 2 aromatic rings. The van der Waals surface area contributed by atoms with Crippen LogP contribution >= 0.6 is 15.9 Å². The van der Waals surface area contributed by atoms with Crippen LogP contribution < -0.4 is 14.8 Å². The van der Waals surface area contributed by atoms with Gasteiger partial charge in [-0.05, 0) is 37.6 Å². The topological polar surface area (TPSA) is 71.3 Å². The largest absolute Gasteiger partial charge is 0.490 e. The Morgan fingerprint density at radius 1 is 1.24 bits per heavy atom. The lowest BCUT2D eigenvalue weighted by molar-refractivity contribution is -0.123. The second-order valence-corrected chi connectivity index (χ2v) is 6.16. The van der Waals surface area contributed by atoms with Crippen LogP contribution in [0.4, 0.5) is 0 Å². The van der Waals surface area contributed by atoms with Crippen LogP contribution in [0, 0.1) is 11.3 Å². The molecule has 0 heterocycles. The normalized spacial score (nSPS) is 11.3. The third-order valence-electron chi connectivity index (χ3n) is 3.48. The number of amides is 1. The highest BCUT2D eigenvalue weighted by atomic mass is 79.9. The molecule has 25 heavy (non-hydrogen) atoms. The zero-order valence-corrected chi connectivity index (χ0v) is 15.7. The fraction of sp³-hybridized carbons (Fsp3) is 0.263. The minimum atomic E-state index is -0.241. The molecule has 1 amide bonds. The van der Waals surface area contributed by atoms with Gasteiger partial charge in [-0.25, -0.2) is 0 Å². The van der Waals surface area contributed by atoms with E-state index >= 15 is 0 Å². The van der Waals surface area contributed by atoms with Crippen LogP contribution in [-0.2, 0) is 4.79 Å². The van der Waals surface area contributed by atoms with E-state index in [9.17, 15) is 4.79 Å². The van der Waals surface area contributed by atoms with Crippen molar-refractivity contribution in [3.63, 3.8) is 0 Å². The number of nitrogens with zero attached hydrogens (tertiary/aromatic N) is 1. The number of carbonyl (C=O) groups excluding carboxylic acids is 1. The number of benzene rings is 2. The van der Waals surface area contributed by atoms with Crippen molar-refractivity contribution < 1.29 is 14.3 Å². The summed E-state index contributed by atoms with van der Waals surface area (Å²) in [5.74, 6) is 0.646. The lowest BCUT2D eigenvalue weighted by Crippen LogP contribution is -2.31. The van der Waals surface area contributed by atoms with Gasteiger partial charge in [0.15, 0.2) is 18.1 Å². The third kappa shape index (κ3) is 5.23. The monoisotopic (exact) mass is 402 g/mol. The summed E-state index contributed by atoms with van der Waals surface area (Å²) < 4.78 is 12.0. The first-order valence-corrected chi connectivity index (χ1v) is 8.68. The van der Waals surface area contributed by atoms with Crippen LogP contribution in [0.3, 0.4) is 0 Å². The van der Waals surface area contributed by atoms with Gasteiger partial charge in [0.25, 0.3) is 5.91 Å². The molecule has 0 unspecified atom stereocenters. The molecule has 0 radical (unpaired) electrons. The summed E-state index contributed by atoms with van der Waals surface area (Å²) in [4.78, 5) is 12.2. The van der Waals surface area contributed by atoms with Crippen molar-refractivity contribution in [2.75, 3.05) is 13.2 Å². The fourth-order valence-electron chi connectivity index (χ4n) is 2.30. The Morgan fingerprint density at radius 2 is 2.00 bits per heavy atom. The first kappa shape index (κ1) is 18.8. The molecule has 6 heteroatoms. The Labute approximate surface area is 155 Å². The highest BCUT2D eigenvalue weighted by molar-refractivity contribution is 9.10. The van der Waals surface area contributed by atoms with Crippen molar-refractivity contribution in [3.8, 4) is 17.6 Å². The SMILES string of the molecule is CCOc1cc(C#N)ccc1OCC(=O)N[C@H](C)c1ccccc1Br. The Balaban J connectivity index is 1.98. The molecule has 2 aromatic carbocycles. The van der Waals surface area contributed by atoms with Gasteiger partial charge in [0.1, 0.15) is 0 Å². The summed E-state index contributed by atoms with van der Waals surface area (Å²) in [5, 5.41) is 11.8. The molecule has 0 aliphatic carbocycles. The third-order valence-corrected chi connectivity index (χ3v) is 4.20. The number of nitrogens with one attached hydrogen (secondary N) is 1. The molecule has 0 bridgehead atoms. The fourth-order valence-corrected chi connectivity index (χ4v) is 2.92. The minimum Gasteiger partial charge on any atom is -0.490 e. The first-order chi connectivity index (χ1) is 12.0. The smallest absolute Gasteiger partial charge is 0.258 e. The number of hydrogen-bond donors (Lipinski definition) is 1. The van der Waals surface area contributed by atoms with Crippen molar-refractivity contribution in [2.24, 2.45) is 0 Å². The number of rotatable bonds is 7. The molecule has 0 aromatic heterocycles. The first-order valence-electron chi connectivity index (χ1n) is 7.88. The summed E-state index contributed by atoms with van der Waals surface area (Å²) >= 11 is 3.48. The highest BCUT2D eigenvalue weighted by Gasteiger charge is 2.14. The molecule has 0 aliphatic rings. The second kappa shape index (κ2) is 9.09. The predicted molar refractivity (Wildman–Crippen MR) is 98.5 cm³/mol. The minimum absolute atomic E-state index is 0.138. The van der Waals surface area contributed by atoms with Gasteiger partial charge >= 0.3 is 0 Å². The van der Waals surface area contributed by atoms with Gasteiger partial charge < -0.3 is 14.8 Å². The van der Waals surface area contributed by atoms with E-state index in [0.29, 0.717) is 23.7 Å². The number of halogens is 1. The number of carbonyl (C=O) groups is 1. The molecule has 0 fully saturated rings. The Kier molecular flexibility index (Phi) is 6.84. The van der Waals surface area contributed by atoms with Gasteiger partial charge in [0.2, 0.25) is 0 Å². The molecule has 2 rings (SSSR count). The lowest BCUT2D eigenvalue weighted by Gasteiger charge is -2.17. The van der Waals surface area contributed by atoms with Gasteiger partial charge in [0, 0.05) is 10.5 Å². The maximum absolute atomic E-state index is 12.2. The molecule has 0 saturated heterocycles. The summed E-state index contributed by atoms with van der Waals surface area (Å²) in [5.41, 5.74) is 1.46. The number of hydrogen-bond acceptors (Lipinski definition) is 4. The maximum atomic E-state index is 12.2. The summed E-state index contributed by atoms with van der Waals surface area (Å²) in [6.45, 7) is 4.05. The number of nitriles is 1. The number of ether oxygens (including phenoxy) is 2. The molecular formula is C19H19BrN2O3. The van der Waals surface area contributed by atoms with Gasteiger partial charge in [-0.3, -0.25) is 4.79 Å². The Bertz CT molecular complexity index is 786. The summed E-state index contributed by atoms with van der Waals surface area (Å²) in [6.07, 6.45) is 0. The molecule has 0 spiro atoms. The van der Waals surface area contributed by atoms with E-state index in [1.165, 1.54) is 0 Å². The molecule has 0 saturated carbocycles. The van der Waals surface area contributed by atoms with Gasteiger partial charge in [-0.15, -0.1) is 0 Å². The van der Waals surface area contributed by atoms with Crippen molar-refractivity contribution in [1.29, 1.82) is 5.26 Å². The van der Waals surface area contributed by atoms with Crippen molar-refractivity contribution >= 4 is 21.8 Å².